The van der Waals surface area contributed by atoms with E-state index in [0.717, 1.165) is 0 Å². The molecule has 6 nitrogen and oxygen atoms in total. The maximum Gasteiger partial charge on any atom is 0.332 e. The molecular weight excluding hydrogens is 321 g/mol. The number of nitrogens with one attached hydrogen (secondary N) is 1. The summed E-state index contributed by atoms with van der Waals surface area (Å²) < 4.78 is 38.4. The fourth-order valence-corrected chi connectivity index (χ4v) is 3.87. The molecule has 1 aliphatic heterocycles. The van der Waals surface area contributed by atoms with Crippen LogP contribution in [0.25, 0.3) is 0 Å². The summed E-state index contributed by atoms with van der Waals surface area (Å²) in [6.45, 7) is 1.06. The van der Waals surface area contributed by atoms with Crippen molar-refractivity contribution < 1.29 is 17.6 Å². The smallest absolute Gasteiger partial charge is 0.332 e. The van der Waals surface area contributed by atoms with Crippen LogP contribution >= 0.6 is 11.6 Å². The van der Waals surface area contributed by atoms with Crippen molar-refractivity contribution >= 4 is 33.3 Å². The minimum absolute atomic E-state index is 0.0138. The molecule has 1 aromatic carbocycles. The van der Waals surface area contributed by atoms with Gasteiger partial charge in [0.25, 0.3) is 10.0 Å². The highest BCUT2D eigenvalue weighted by Gasteiger charge is 2.38. The summed E-state index contributed by atoms with van der Waals surface area (Å²) in [4.78, 5) is 13.3. The van der Waals surface area contributed by atoms with Gasteiger partial charge in [0.05, 0.1) is 5.69 Å². The number of hydrogen-bond acceptors (Lipinski definition) is 4. The van der Waals surface area contributed by atoms with Gasteiger partial charge in [-0.05, 0) is 25.1 Å². The van der Waals surface area contributed by atoms with Gasteiger partial charge in [-0.2, -0.15) is 4.31 Å². The van der Waals surface area contributed by atoms with Gasteiger partial charge < -0.3 is 10.2 Å². The second-order valence-corrected chi connectivity index (χ2v) is 6.66. The van der Waals surface area contributed by atoms with Crippen molar-refractivity contribution in [2.45, 2.75) is 11.8 Å². The van der Waals surface area contributed by atoms with E-state index in [1.165, 1.54) is 23.1 Å². The highest BCUT2D eigenvalue weighted by atomic mass is 35.5. The van der Waals surface area contributed by atoms with E-state index in [9.17, 15) is 17.6 Å². The third-order valence-corrected chi connectivity index (χ3v) is 5.02. The molecule has 0 spiro atoms. The zero-order valence-corrected chi connectivity index (χ0v) is 12.9. The largest absolute Gasteiger partial charge is 0.349 e. The molecule has 1 aliphatic rings. The third kappa shape index (κ3) is 2.91. The summed E-state index contributed by atoms with van der Waals surface area (Å²) in [5, 5.41) is 2.67. The maximum absolute atomic E-state index is 12.7. The number of sulfonamides is 1. The predicted octanol–water partition coefficient (Wildman–Crippen LogP) is 1.81. The van der Waals surface area contributed by atoms with Gasteiger partial charge in [-0.15, -0.1) is 0 Å². The van der Waals surface area contributed by atoms with E-state index in [1.807, 2.05) is 0 Å². The zero-order chi connectivity index (χ0) is 15.6. The molecule has 0 aliphatic carbocycles. The Morgan fingerprint density at radius 1 is 1.48 bits per heavy atom. The number of anilines is 1. The molecule has 116 valence electrons. The van der Waals surface area contributed by atoms with Gasteiger partial charge in [0.2, 0.25) is 0 Å². The maximum atomic E-state index is 12.7. The number of amides is 2. The minimum Gasteiger partial charge on any atom is -0.349 e. The second-order valence-electron chi connectivity index (χ2n) is 4.39. The fraction of sp³-hybridized carbons (Fsp3) is 0.417. The number of carbonyl (C=O) groups is 1. The average molecular weight is 336 g/mol. The van der Waals surface area contributed by atoms with Gasteiger partial charge in [-0.25, -0.2) is 17.6 Å². The van der Waals surface area contributed by atoms with Gasteiger partial charge in [-0.3, -0.25) is 0 Å². The lowest BCUT2D eigenvalue weighted by Crippen LogP contribution is -2.53. The summed E-state index contributed by atoms with van der Waals surface area (Å²) >= 11 is 5.84. The van der Waals surface area contributed by atoms with Crippen molar-refractivity contribution in [1.82, 2.24) is 9.62 Å². The van der Waals surface area contributed by atoms with E-state index < -0.39 is 22.7 Å². The molecule has 2 amide bonds. The molecule has 0 aromatic heterocycles. The van der Waals surface area contributed by atoms with Gasteiger partial charge in [0.1, 0.15) is 18.2 Å². The van der Waals surface area contributed by atoms with Gasteiger partial charge in [-0.1, -0.05) is 11.6 Å². The van der Waals surface area contributed by atoms with E-state index >= 15 is 0 Å². The molecule has 9 heteroatoms. The number of nitrogens with zero attached hydrogens (tertiary/aromatic N) is 2. The lowest BCUT2D eigenvalue weighted by molar-refractivity contribution is 0.222. The molecule has 0 bridgehead atoms. The van der Waals surface area contributed by atoms with E-state index in [-0.39, 0.29) is 29.7 Å². The summed E-state index contributed by atoms with van der Waals surface area (Å²) in [6.07, 6.45) is 0. The van der Waals surface area contributed by atoms with E-state index in [4.69, 9.17) is 11.6 Å². The van der Waals surface area contributed by atoms with E-state index in [1.54, 1.807) is 6.92 Å². The van der Waals surface area contributed by atoms with Crippen molar-refractivity contribution in [2.75, 3.05) is 31.3 Å². The number of alkyl halides is 1. The average Bonchev–Trinajstić information content (AvgIpc) is 2.42. The second kappa shape index (κ2) is 6.07. The first kappa shape index (κ1) is 15.8. The number of urea groups is 1. The Kier molecular flexibility index (Phi) is 4.58. The van der Waals surface area contributed by atoms with Gasteiger partial charge >= 0.3 is 6.03 Å². The number of hydrogen-bond donors (Lipinski definition) is 1. The molecule has 2 rings (SSSR count). The first-order valence-corrected chi connectivity index (χ1v) is 8.14. The Morgan fingerprint density at radius 2 is 2.19 bits per heavy atom. The molecule has 1 heterocycles. The van der Waals surface area contributed by atoms with Crippen molar-refractivity contribution in [3.05, 3.63) is 23.2 Å². The van der Waals surface area contributed by atoms with Crippen LogP contribution < -0.4 is 10.2 Å². The van der Waals surface area contributed by atoms with Crippen LogP contribution in [0.5, 0.6) is 0 Å². The highest BCUT2D eigenvalue weighted by molar-refractivity contribution is 7.90. The highest BCUT2D eigenvalue weighted by Crippen LogP contribution is 2.34. The Bertz CT molecular complexity index is 653. The molecule has 21 heavy (non-hydrogen) atoms. The lowest BCUT2D eigenvalue weighted by atomic mass is 10.3. The monoisotopic (exact) mass is 335 g/mol. The molecule has 0 saturated carbocycles. The van der Waals surface area contributed by atoms with Crippen LogP contribution in [0.15, 0.2) is 23.1 Å². The Morgan fingerprint density at radius 3 is 2.81 bits per heavy atom. The van der Waals surface area contributed by atoms with Crippen LogP contribution in [0, 0.1) is 0 Å². The van der Waals surface area contributed by atoms with Gasteiger partial charge in [0.15, 0.2) is 0 Å². The molecule has 1 aromatic rings. The van der Waals surface area contributed by atoms with Crippen LogP contribution in [0.4, 0.5) is 14.9 Å². The first-order valence-electron chi connectivity index (χ1n) is 6.32. The summed E-state index contributed by atoms with van der Waals surface area (Å²) in [5.74, 6) is 0. The van der Waals surface area contributed by atoms with Crippen LogP contribution in [0.2, 0.25) is 5.02 Å². The quantitative estimate of drug-likeness (QED) is 0.914. The van der Waals surface area contributed by atoms with Gasteiger partial charge in [0, 0.05) is 18.1 Å². The number of carbonyl (C=O) groups excluding carboxylic acids is 1. The van der Waals surface area contributed by atoms with Crippen LogP contribution in [-0.2, 0) is 10.0 Å². The summed E-state index contributed by atoms with van der Waals surface area (Å²) in [7, 11) is -4.01. The van der Waals surface area contributed by atoms with Crippen LogP contribution in [0.3, 0.4) is 0 Å². The van der Waals surface area contributed by atoms with E-state index in [0.29, 0.717) is 9.99 Å². The van der Waals surface area contributed by atoms with Crippen molar-refractivity contribution in [3.63, 3.8) is 0 Å². The first-order chi connectivity index (χ1) is 9.91. The van der Waals surface area contributed by atoms with Crippen molar-refractivity contribution in [3.8, 4) is 0 Å². The molecule has 0 radical (unpaired) electrons. The van der Waals surface area contributed by atoms with Crippen LogP contribution in [-0.4, -0.2) is 45.2 Å². The number of fused-ring (bicyclic) bond motifs is 1. The predicted molar refractivity (Wildman–Crippen MR) is 77.7 cm³/mol. The van der Waals surface area contributed by atoms with Crippen molar-refractivity contribution in [2.24, 2.45) is 0 Å². The SMILES string of the molecule is CCNC(=O)N1CN(CCF)c2ccc(Cl)cc2S1(=O)=O. The minimum atomic E-state index is -4.01. The molecule has 0 unspecified atom stereocenters. The number of halogens is 2. The topological polar surface area (TPSA) is 69.7 Å². The molecule has 0 saturated heterocycles. The Labute approximate surface area is 127 Å². The Balaban J connectivity index is 2.53. The molecule has 0 atom stereocenters. The Hall–Kier alpha value is -1.54. The number of rotatable bonds is 3. The van der Waals surface area contributed by atoms with Crippen molar-refractivity contribution in [1.29, 1.82) is 0 Å². The standard InChI is InChI=1S/C12H15ClFN3O3S/c1-2-15-12(18)17-8-16(6-5-14)10-4-3-9(13)7-11(10)21(17,19)20/h3-4,7H,2,5-6,8H2,1H3,(H,15,18). The lowest BCUT2D eigenvalue weighted by Gasteiger charge is -2.37. The van der Waals surface area contributed by atoms with E-state index in [2.05, 4.69) is 5.32 Å². The summed E-state index contributed by atoms with van der Waals surface area (Å²) in [6, 6.07) is 3.57. The normalized spacial score (nSPS) is 16.5. The third-order valence-electron chi connectivity index (χ3n) is 3.04. The molecule has 1 N–H and O–H groups in total. The molecule has 0 fully saturated rings. The zero-order valence-electron chi connectivity index (χ0n) is 11.3. The number of benzene rings is 1. The van der Waals surface area contributed by atoms with Crippen LogP contribution in [0.1, 0.15) is 6.92 Å². The summed E-state index contributed by atoms with van der Waals surface area (Å²) in [5.41, 5.74) is 0.345. The molecular formula is C12H15ClFN3O3S. The fourth-order valence-electron chi connectivity index (χ4n) is 2.09.